The Hall–Kier alpha value is 0.0500. The van der Waals surface area contributed by atoms with Crippen LogP contribution in [0.5, 0.6) is 0 Å². The number of aliphatic hydroxyl groups excluding tert-OH is 1. The molecule has 7 heteroatoms. The maximum absolute atomic E-state index is 8.87. The van der Waals surface area contributed by atoms with Gasteiger partial charge in [-0.3, -0.25) is 0 Å². The van der Waals surface area contributed by atoms with Crippen molar-refractivity contribution in [1.82, 2.24) is 0 Å². The third-order valence-corrected chi connectivity index (χ3v) is 0.812. The lowest BCUT2D eigenvalue weighted by atomic mass is 10.3. The normalized spacial score (nSPS) is 14.5. The van der Waals surface area contributed by atoms with Crippen molar-refractivity contribution in [2.75, 3.05) is 27.7 Å². The van der Waals surface area contributed by atoms with E-state index in [1.54, 1.807) is 0 Å². The van der Waals surface area contributed by atoms with Gasteiger partial charge in [0.25, 0.3) is 0 Å². The van der Waals surface area contributed by atoms with Gasteiger partial charge in [-0.2, -0.15) is 14.0 Å². The SMILES string of the molecule is CC(O)C[N+](C)(C)C.[O-][Cl+3]([O-])([O-])O. The Morgan fingerprint density at radius 2 is 1.46 bits per heavy atom. The van der Waals surface area contributed by atoms with Gasteiger partial charge in [0.2, 0.25) is 0 Å². The van der Waals surface area contributed by atoms with Crippen LogP contribution >= 0.6 is 0 Å². The Morgan fingerprint density at radius 3 is 1.46 bits per heavy atom. The average molecular weight is 219 g/mol. The summed E-state index contributed by atoms with van der Waals surface area (Å²) in [5, 5.41) is 8.87. The highest BCUT2D eigenvalue weighted by molar-refractivity contribution is 4.39. The highest BCUT2D eigenvalue weighted by Gasteiger charge is 2.09. The zero-order valence-corrected chi connectivity index (χ0v) is 8.98. The summed E-state index contributed by atoms with van der Waals surface area (Å²) in [6.07, 6.45) is -0.185. The number of quaternary nitrogens is 1. The third kappa shape index (κ3) is 47.7. The second-order valence-electron chi connectivity index (χ2n) is 3.72. The fourth-order valence-electron chi connectivity index (χ4n) is 0.793. The van der Waals surface area contributed by atoms with Gasteiger partial charge in [0.1, 0.15) is 12.6 Å². The summed E-state index contributed by atoms with van der Waals surface area (Å²) in [5.41, 5.74) is 0. The predicted octanol–water partition coefficient (Wildman–Crippen LogP) is -4.05. The fourth-order valence-corrected chi connectivity index (χ4v) is 0.793. The number of hydrogen-bond acceptors (Lipinski definition) is 5. The van der Waals surface area contributed by atoms with Gasteiger partial charge < -0.3 is 9.59 Å². The van der Waals surface area contributed by atoms with Crippen molar-refractivity contribution >= 4 is 0 Å². The van der Waals surface area contributed by atoms with E-state index < -0.39 is 10.2 Å². The van der Waals surface area contributed by atoms with Crippen LogP contribution in [0.15, 0.2) is 0 Å². The zero-order chi connectivity index (χ0) is 11.3. The van der Waals surface area contributed by atoms with E-state index in [2.05, 4.69) is 21.1 Å². The molecule has 0 aromatic carbocycles. The number of likely N-dealkylation sites (N-methyl/N-ethyl adjacent to an activating group) is 1. The summed E-state index contributed by atoms with van der Waals surface area (Å²) in [5.74, 6) is 0. The Labute approximate surface area is 80.0 Å². The lowest BCUT2D eigenvalue weighted by Crippen LogP contribution is -2.58. The van der Waals surface area contributed by atoms with E-state index in [-0.39, 0.29) is 6.10 Å². The quantitative estimate of drug-likeness (QED) is 0.459. The first kappa shape index (κ1) is 15.5. The second kappa shape index (κ2) is 5.71. The lowest BCUT2D eigenvalue weighted by molar-refractivity contribution is -1.92. The fraction of sp³-hybridized carbons (Fsp3) is 1.00. The molecule has 0 aliphatic carbocycles. The smallest absolute Gasteiger partial charge is 0.104 e. The summed E-state index contributed by atoms with van der Waals surface area (Å²) >= 11 is 0. The lowest BCUT2D eigenvalue weighted by Gasteiger charge is -2.24. The van der Waals surface area contributed by atoms with E-state index in [0.717, 1.165) is 11.0 Å². The van der Waals surface area contributed by atoms with Crippen LogP contribution in [-0.4, -0.2) is 48.0 Å². The topological polar surface area (TPSA) is 110 Å². The summed E-state index contributed by atoms with van der Waals surface area (Å²) < 4.78 is 33.6. The maximum Gasteiger partial charge on any atom is 0.104 e. The number of hydrogen-bond donors (Lipinski definition) is 2. The Bertz CT molecular complexity index is 122. The third-order valence-electron chi connectivity index (χ3n) is 0.812. The summed E-state index contributed by atoms with van der Waals surface area (Å²) in [7, 11) is 1.49. The second-order valence-corrected chi connectivity index (χ2v) is 4.51. The molecule has 1 unspecified atom stereocenters. The van der Waals surface area contributed by atoms with Crippen molar-refractivity contribution in [2.45, 2.75) is 13.0 Å². The molecule has 0 aliphatic rings. The molecule has 0 saturated carbocycles. The molecule has 0 aromatic rings. The van der Waals surface area contributed by atoms with Gasteiger partial charge in [0.05, 0.1) is 36.0 Å². The Morgan fingerprint density at radius 1 is 1.23 bits per heavy atom. The number of rotatable bonds is 2. The van der Waals surface area contributed by atoms with Gasteiger partial charge in [-0.25, -0.2) is 0 Å². The van der Waals surface area contributed by atoms with Gasteiger partial charge in [-0.15, -0.1) is 0 Å². The first-order valence-electron chi connectivity index (χ1n) is 3.53. The molecule has 0 aliphatic heterocycles. The zero-order valence-electron chi connectivity index (χ0n) is 8.23. The van der Waals surface area contributed by atoms with Crippen LogP contribution in [0.1, 0.15) is 6.92 Å². The van der Waals surface area contributed by atoms with Crippen LogP contribution in [0.2, 0.25) is 0 Å². The van der Waals surface area contributed by atoms with Gasteiger partial charge >= 0.3 is 0 Å². The van der Waals surface area contributed by atoms with Crippen LogP contribution in [-0.2, 0) is 0 Å². The molecule has 0 bridgehead atoms. The molecule has 13 heavy (non-hydrogen) atoms. The van der Waals surface area contributed by atoms with E-state index in [9.17, 15) is 0 Å². The molecule has 2 N–H and O–H groups in total. The molecule has 0 fully saturated rings. The Balaban J connectivity index is 0. The first-order chi connectivity index (χ1) is 5.42. The molecule has 0 heterocycles. The molecular formula is C6H17ClNO5+. The van der Waals surface area contributed by atoms with Crippen LogP contribution < -0.4 is 14.0 Å². The van der Waals surface area contributed by atoms with Crippen molar-refractivity contribution in [2.24, 2.45) is 0 Å². The molecule has 0 amide bonds. The minimum absolute atomic E-state index is 0.185. The summed E-state index contributed by atoms with van der Waals surface area (Å²) in [6, 6.07) is 0. The molecule has 6 nitrogen and oxygen atoms in total. The molecule has 0 radical (unpaired) electrons. The van der Waals surface area contributed by atoms with Crippen LogP contribution in [0.4, 0.5) is 0 Å². The summed E-state index contributed by atoms with van der Waals surface area (Å²) in [6.45, 7) is 2.63. The predicted molar refractivity (Wildman–Crippen MR) is 36.8 cm³/mol. The monoisotopic (exact) mass is 218 g/mol. The molecule has 0 aromatic heterocycles. The highest BCUT2D eigenvalue weighted by atomic mass is 35.7. The minimum atomic E-state index is -4.69. The standard InChI is InChI=1S/C6H16NO.ClHO4/c1-6(8)5-7(2,3)4;2-1(3,4)5/h6,8H,5H2,1-4H3;(H,2,3,4,5)/q+1;. The molecule has 0 saturated heterocycles. The molecule has 0 spiro atoms. The first-order valence-corrected chi connectivity index (χ1v) is 4.80. The van der Waals surface area contributed by atoms with Crippen molar-refractivity contribution in [3.05, 3.63) is 0 Å². The van der Waals surface area contributed by atoms with Gasteiger partial charge in [0, 0.05) is 0 Å². The van der Waals surface area contributed by atoms with Gasteiger partial charge in [-0.05, 0) is 6.92 Å². The van der Waals surface area contributed by atoms with E-state index in [4.69, 9.17) is 23.7 Å². The van der Waals surface area contributed by atoms with Gasteiger partial charge in [0.15, 0.2) is 0 Å². The Kier molecular flexibility index (Phi) is 6.82. The maximum atomic E-state index is 8.87. The van der Waals surface area contributed by atoms with E-state index in [0.29, 0.717) is 0 Å². The van der Waals surface area contributed by atoms with Crippen LogP contribution in [0, 0.1) is 10.2 Å². The molecular weight excluding hydrogens is 202 g/mol. The number of halogens is 1. The highest BCUT2D eigenvalue weighted by Crippen LogP contribution is 1.92. The minimum Gasteiger partial charge on any atom is -0.388 e. The van der Waals surface area contributed by atoms with Crippen LogP contribution in [0.25, 0.3) is 0 Å². The number of aliphatic hydroxyl groups is 1. The largest absolute Gasteiger partial charge is 0.388 e. The van der Waals surface area contributed by atoms with Crippen molar-refractivity contribution in [3.63, 3.8) is 0 Å². The van der Waals surface area contributed by atoms with Gasteiger partial charge in [-0.1, -0.05) is 0 Å². The van der Waals surface area contributed by atoms with E-state index in [1.807, 2.05) is 6.92 Å². The van der Waals surface area contributed by atoms with Crippen molar-refractivity contribution in [3.8, 4) is 0 Å². The van der Waals surface area contributed by atoms with Crippen molar-refractivity contribution < 1.29 is 38.5 Å². The van der Waals surface area contributed by atoms with Crippen molar-refractivity contribution in [1.29, 1.82) is 0 Å². The van der Waals surface area contributed by atoms with E-state index >= 15 is 0 Å². The average Bonchev–Trinajstić information content (AvgIpc) is 1.47. The van der Waals surface area contributed by atoms with Crippen LogP contribution in [0.3, 0.4) is 0 Å². The van der Waals surface area contributed by atoms with E-state index in [1.165, 1.54) is 0 Å². The molecule has 0 rings (SSSR count). The molecule has 1 atom stereocenters. The summed E-state index contributed by atoms with van der Waals surface area (Å²) in [4.78, 5) is 0. The number of nitrogens with zero attached hydrogens (tertiary/aromatic N) is 1. The molecule has 82 valence electrons.